The molecule has 0 radical (unpaired) electrons. The standard InChI is InChI=1S/C20H24ClNO3/c1-3-5-14-22-19(23)25-18-12-8-16(9-13-18)20(24,4-2)15-6-10-17(21)11-7-15/h6-13,24H,3-5,14H2,1-2H3,(H,22,23). The first-order valence-electron chi connectivity index (χ1n) is 8.54. The molecule has 1 unspecified atom stereocenters. The van der Waals surface area contributed by atoms with Gasteiger partial charge in [-0.05, 0) is 48.2 Å². The maximum Gasteiger partial charge on any atom is 0.412 e. The summed E-state index contributed by atoms with van der Waals surface area (Å²) < 4.78 is 5.23. The maximum absolute atomic E-state index is 11.7. The average molecular weight is 362 g/mol. The van der Waals surface area contributed by atoms with Crippen LogP contribution in [0.5, 0.6) is 5.75 Å². The molecule has 0 fully saturated rings. The lowest BCUT2D eigenvalue weighted by molar-refractivity contribution is 0.0765. The molecule has 134 valence electrons. The Bertz CT molecular complexity index is 685. The van der Waals surface area contributed by atoms with Crippen molar-refractivity contribution in [3.8, 4) is 5.75 Å². The molecule has 0 aliphatic rings. The topological polar surface area (TPSA) is 58.6 Å². The van der Waals surface area contributed by atoms with Crippen molar-refractivity contribution in [1.82, 2.24) is 5.32 Å². The number of carbonyl (C=O) groups is 1. The van der Waals surface area contributed by atoms with Gasteiger partial charge in [-0.25, -0.2) is 4.79 Å². The molecule has 5 heteroatoms. The van der Waals surface area contributed by atoms with E-state index in [-0.39, 0.29) is 0 Å². The molecule has 25 heavy (non-hydrogen) atoms. The van der Waals surface area contributed by atoms with Crippen molar-refractivity contribution >= 4 is 17.7 Å². The second-order valence-electron chi connectivity index (χ2n) is 5.91. The summed E-state index contributed by atoms with van der Waals surface area (Å²) in [5, 5.41) is 14.4. The van der Waals surface area contributed by atoms with Crippen LogP contribution in [0.25, 0.3) is 0 Å². The van der Waals surface area contributed by atoms with Crippen LogP contribution in [0.1, 0.15) is 44.2 Å². The number of hydrogen-bond acceptors (Lipinski definition) is 3. The third kappa shape index (κ3) is 4.97. The summed E-state index contributed by atoms with van der Waals surface area (Å²) in [5.41, 5.74) is 0.383. The fraction of sp³-hybridized carbons (Fsp3) is 0.350. The molecular weight excluding hydrogens is 338 g/mol. The van der Waals surface area contributed by atoms with Gasteiger partial charge in [0.2, 0.25) is 0 Å². The number of hydrogen-bond donors (Lipinski definition) is 2. The van der Waals surface area contributed by atoms with Crippen LogP contribution in [-0.2, 0) is 5.60 Å². The Balaban J connectivity index is 2.11. The zero-order valence-corrected chi connectivity index (χ0v) is 15.3. The Kier molecular flexibility index (Phi) is 6.85. The lowest BCUT2D eigenvalue weighted by Gasteiger charge is -2.28. The van der Waals surface area contributed by atoms with Crippen molar-refractivity contribution in [1.29, 1.82) is 0 Å². The van der Waals surface area contributed by atoms with E-state index in [0.717, 1.165) is 24.0 Å². The van der Waals surface area contributed by atoms with Crippen LogP contribution in [-0.4, -0.2) is 17.7 Å². The molecule has 0 spiro atoms. The highest BCUT2D eigenvalue weighted by Gasteiger charge is 2.29. The van der Waals surface area contributed by atoms with Gasteiger partial charge in [0.15, 0.2) is 0 Å². The van der Waals surface area contributed by atoms with Crippen LogP contribution in [0.3, 0.4) is 0 Å². The molecule has 1 atom stereocenters. The quantitative estimate of drug-likeness (QED) is 0.691. The Hall–Kier alpha value is -2.04. The van der Waals surface area contributed by atoms with Crippen molar-refractivity contribution < 1.29 is 14.6 Å². The molecule has 0 aliphatic heterocycles. The Labute approximate surface area is 153 Å². The first-order chi connectivity index (χ1) is 12.0. The summed E-state index contributed by atoms with van der Waals surface area (Å²) in [4.78, 5) is 11.7. The zero-order chi connectivity index (χ0) is 18.3. The fourth-order valence-electron chi connectivity index (χ4n) is 2.61. The first kappa shape index (κ1) is 19.3. The third-order valence-electron chi connectivity index (χ3n) is 4.18. The van der Waals surface area contributed by atoms with Crippen molar-refractivity contribution in [3.05, 3.63) is 64.7 Å². The summed E-state index contributed by atoms with van der Waals surface area (Å²) in [7, 11) is 0. The van der Waals surface area contributed by atoms with Gasteiger partial charge >= 0.3 is 6.09 Å². The highest BCUT2D eigenvalue weighted by Crippen LogP contribution is 2.34. The first-order valence-corrected chi connectivity index (χ1v) is 8.92. The highest BCUT2D eigenvalue weighted by atomic mass is 35.5. The predicted molar refractivity (Wildman–Crippen MR) is 100 cm³/mol. The normalized spacial score (nSPS) is 13.1. The maximum atomic E-state index is 11.7. The number of unbranched alkanes of at least 4 members (excludes halogenated alkanes) is 1. The van der Waals surface area contributed by atoms with Crippen molar-refractivity contribution in [2.45, 2.75) is 38.7 Å². The van der Waals surface area contributed by atoms with Gasteiger partial charge in [0, 0.05) is 11.6 Å². The van der Waals surface area contributed by atoms with Crippen molar-refractivity contribution in [2.75, 3.05) is 6.54 Å². The number of ether oxygens (including phenoxy) is 1. The molecule has 1 amide bonds. The molecular formula is C20H24ClNO3. The Morgan fingerprint density at radius 3 is 2.16 bits per heavy atom. The molecule has 2 N–H and O–H groups in total. The number of amides is 1. The summed E-state index contributed by atoms with van der Waals surface area (Å²) in [6.45, 7) is 4.57. The zero-order valence-electron chi connectivity index (χ0n) is 14.6. The highest BCUT2D eigenvalue weighted by molar-refractivity contribution is 6.30. The third-order valence-corrected chi connectivity index (χ3v) is 4.43. The smallest absolute Gasteiger partial charge is 0.410 e. The fourth-order valence-corrected chi connectivity index (χ4v) is 2.74. The molecule has 0 bridgehead atoms. The molecule has 0 saturated carbocycles. The Morgan fingerprint density at radius 2 is 1.64 bits per heavy atom. The lowest BCUT2D eigenvalue weighted by Crippen LogP contribution is -2.28. The van der Waals surface area contributed by atoms with E-state index in [1.165, 1.54) is 0 Å². The van der Waals surface area contributed by atoms with E-state index in [1.54, 1.807) is 36.4 Å². The summed E-state index contributed by atoms with van der Waals surface area (Å²) in [5.74, 6) is 0.437. The second-order valence-corrected chi connectivity index (χ2v) is 6.35. The largest absolute Gasteiger partial charge is 0.412 e. The van der Waals surface area contributed by atoms with Crippen LogP contribution in [0.2, 0.25) is 5.02 Å². The SMILES string of the molecule is CCCCNC(=O)Oc1ccc(C(O)(CC)c2ccc(Cl)cc2)cc1. The average Bonchev–Trinajstić information content (AvgIpc) is 2.62. The van der Waals surface area contributed by atoms with Gasteiger partial charge in [-0.15, -0.1) is 0 Å². The van der Waals surface area contributed by atoms with E-state index < -0.39 is 11.7 Å². The van der Waals surface area contributed by atoms with Crippen LogP contribution in [0.4, 0.5) is 4.79 Å². The minimum atomic E-state index is -1.12. The number of benzene rings is 2. The van der Waals surface area contributed by atoms with Gasteiger partial charge in [-0.3, -0.25) is 0 Å². The molecule has 2 aromatic carbocycles. The van der Waals surface area contributed by atoms with E-state index in [2.05, 4.69) is 12.2 Å². The number of halogens is 1. The van der Waals surface area contributed by atoms with Gasteiger partial charge in [0.05, 0.1) is 0 Å². The molecule has 2 aromatic rings. The minimum absolute atomic E-state index is 0.437. The van der Waals surface area contributed by atoms with E-state index >= 15 is 0 Å². The monoisotopic (exact) mass is 361 g/mol. The summed E-state index contributed by atoms with van der Waals surface area (Å²) in [6.07, 6.45) is 1.96. The van der Waals surface area contributed by atoms with Gasteiger partial charge in [-0.1, -0.05) is 56.1 Å². The number of aliphatic hydroxyl groups is 1. The predicted octanol–water partition coefficient (Wildman–Crippen LogP) is 4.87. The molecule has 0 aliphatic carbocycles. The van der Waals surface area contributed by atoms with Crippen molar-refractivity contribution in [3.63, 3.8) is 0 Å². The van der Waals surface area contributed by atoms with E-state index in [1.807, 2.05) is 19.1 Å². The molecule has 4 nitrogen and oxygen atoms in total. The molecule has 2 rings (SSSR count). The minimum Gasteiger partial charge on any atom is -0.410 e. The number of carbonyl (C=O) groups excluding carboxylic acids is 1. The van der Waals surface area contributed by atoms with Gasteiger partial charge in [-0.2, -0.15) is 0 Å². The van der Waals surface area contributed by atoms with Crippen LogP contribution < -0.4 is 10.1 Å². The molecule has 0 heterocycles. The van der Waals surface area contributed by atoms with E-state index in [9.17, 15) is 9.90 Å². The lowest BCUT2D eigenvalue weighted by atomic mass is 9.84. The van der Waals surface area contributed by atoms with Gasteiger partial charge in [0.1, 0.15) is 11.4 Å². The van der Waals surface area contributed by atoms with E-state index in [4.69, 9.17) is 16.3 Å². The van der Waals surface area contributed by atoms with Gasteiger partial charge < -0.3 is 15.2 Å². The Morgan fingerprint density at radius 1 is 1.08 bits per heavy atom. The second kappa shape index (κ2) is 8.88. The molecule has 0 saturated heterocycles. The number of nitrogens with one attached hydrogen (secondary N) is 1. The molecule has 0 aromatic heterocycles. The van der Waals surface area contributed by atoms with E-state index in [0.29, 0.717) is 23.7 Å². The summed E-state index contributed by atoms with van der Waals surface area (Å²) >= 11 is 5.93. The summed E-state index contributed by atoms with van der Waals surface area (Å²) in [6, 6.07) is 14.1. The van der Waals surface area contributed by atoms with Gasteiger partial charge in [0.25, 0.3) is 0 Å². The van der Waals surface area contributed by atoms with Crippen LogP contribution in [0, 0.1) is 0 Å². The van der Waals surface area contributed by atoms with Crippen LogP contribution >= 0.6 is 11.6 Å². The number of rotatable bonds is 7. The van der Waals surface area contributed by atoms with Crippen LogP contribution in [0.15, 0.2) is 48.5 Å². The van der Waals surface area contributed by atoms with Crippen molar-refractivity contribution in [2.24, 2.45) is 0 Å².